The SMILES string of the molecule is CN(C#N)c1ncc(-c2ccccc2)cn1. The van der Waals surface area contributed by atoms with Gasteiger partial charge in [0.15, 0.2) is 6.19 Å². The minimum Gasteiger partial charge on any atom is -0.250 e. The van der Waals surface area contributed by atoms with Crippen molar-refractivity contribution in [2.24, 2.45) is 0 Å². The van der Waals surface area contributed by atoms with E-state index in [0.717, 1.165) is 11.1 Å². The summed E-state index contributed by atoms with van der Waals surface area (Å²) in [5.41, 5.74) is 2.00. The van der Waals surface area contributed by atoms with Gasteiger partial charge < -0.3 is 0 Å². The fourth-order valence-corrected chi connectivity index (χ4v) is 1.32. The van der Waals surface area contributed by atoms with Crippen molar-refractivity contribution in [1.29, 1.82) is 5.26 Å². The molecule has 4 nitrogen and oxygen atoms in total. The summed E-state index contributed by atoms with van der Waals surface area (Å²) in [6.07, 6.45) is 5.38. The smallest absolute Gasteiger partial charge is 0.238 e. The zero-order valence-electron chi connectivity index (χ0n) is 8.83. The number of nitrogens with zero attached hydrogens (tertiary/aromatic N) is 4. The highest BCUT2D eigenvalue weighted by atomic mass is 15.2. The van der Waals surface area contributed by atoms with Crippen molar-refractivity contribution in [3.05, 3.63) is 42.7 Å². The van der Waals surface area contributed by atoms with Crippen LogP contribution in [0.5, 0.6) is 0 Å². The molecule has 0 saturated heterocycles. The molecule has 0 saturated carbocycles. The maximum Gasteiger partial charge on any atom is 0.238 e. The number of anilines is 1. The maximum absolute atomic E-state index is 8.67. The molecule has 1 aromatic heterocycles. The first-order valence-electron chi connectivity index (χ1n) is 4.82. The Labute approximate surface area is 93.8 Å². The van der Waals surface area contributed by atoms with E-state index >= 15 is 0 Å². The first-order valence-corrected chi connectivity index (χ1v) is 4.82. The van der Waals surface area contributed by atoms with E-state index in [1.54, 1.807) is 19.4 Å². The van der Waals surface area contributed by atoms with Gasteiger partial charge in [0, 0.05) is 25.0 Å². The molecule has 16 heavy (non-hydrogen) atoms. The van der Waals surface area contributed by atoms with E-state index in [-0.39, 0.29) is 0 Å². The standard InChI is InChI=1S/C12H10N4/c1-16(9-13)12-14-7-11(8-15-12)10-5-3-2-4-6-10/h2-8H,1H3. The summed E-state index contributed by atoms with van der Waals surface area (Å²) in [7, 11) is 1.62. The second kappa shape index (κ2) is 4.41. The Morgan fingerprint density at radius 3 is 2.25 bits per heavy atom. The van der Waals surface area contributed by atoms with E-state index in [0.29, 0.717) is 5.95 Å². The van der Waals surface area contributed by atoms with Gasteiger partial charge >= 0.3 is 0 Å². The second-order valence-electron chi connectivity index (χ2n) is 3.30. The molecular formula is C12H10N4. The Balaban J connectivity index is 2.31. The monoisotopic (exact) mass is 210 g/mol. The summed E-state index contributed by atoms with van der Waals surface area (Å²) < 4.78 is 0. The first-order chi connectivity index (χ1) is 7.81. The van der Waals surface area contributed by atoms with Crippen LogP contribution < -0.4 is 4.90 Å². The van der Waals surface area contributed by atoms with Crippen LogP contribution in [0.25, 0.3) is 11.1 Å². The van der Waals surface area contributed by atoms with Crippen molar-refractivity contribution in [2.45, 2.75) is 0 Å². The minimum absolute atomic E-state index is 0.405. The molecule has 1 aromatic carbocycles. The van der Waals surface area contributed by atoms with Crippen molar-refractivity contribution in [3.8, 4) is 17.3 Å². The quantitative estimate of drug-likeness (QED) is 0.562. The Morgan fingerprint density at radius 1 is 1.06 bits per heavy atom. The Morgan fingerprint density at radius 2 is 1.69 bits per heavy atom. The van der Waals surface area contributed by atoms with Crippen LogP contribution in [-0.2, 0) is 0 Å². The van der Waals surface area contributed by atoms with E-state index in [4.69, 9.17) is 5.26 Å². The number of aromatic nitrogens is 2. The molecule has 2 aromatic rings. The third kappa shape index (κ3) is 1.98. The molecule has 0 aliphatic carbocycles. The molecule has 2 rings (SSSR count). The van der Waals surface area contributed by atoms with E-state index in [9.17, 15) is 0 Å². The summed E-state index contributed by atoms with van der Waals surface area (Å²) in [6.45, 7) is 0. The van der Waals surface area contributed by atoms with Gasteiger partial charge in [0.05, 0.1) is 0 Å². The molecule has 0 bridgehead atoms. The summed E-state index contributed by atoms with van der Waals surface area (Å²) in [4.78, 5) is 9.55. The van der Waals surface area contributed by atoms with Gasteiger partial charge in [-0.2, -0.15) is 5.26 Å². The first kappa shape index (κ1) is 10.1. The average Bonchev–Trinajstić information content (AvgIpc) is 2.39. The van der Waals surface area contributed by atoms with Crippen LogP contribution in [0.2, 0.25) is 0 Å². The van der Waals surface area contributed by atoms with Gasteiger partial charge in [-0.25, -0.2) is 9.97 Å². The van der Waals surface area contributed by atoms with Gasteiger partial charge in [0.25, 0.3) is 0 Å². The fourth-order valence-electron chi connectivity index (χ4n) is 1.32. The topological polar surface area (TPSA) is 52.8 Å². The molecule has 0 N–H and O–H groups in total. The molecule has 0 fully saturated rings. The van der Waals surface area contributed by atoms with Gasteiger partial charge in [-0.3, -0.25) is 4.90 Å². The molecule has 0 atom stereocenters. The van der Waals surface area contributed by atoms with Crippen molar-refractivity contribution in [1.82, 2.24) is 9.97 Å². The number of hydrogen-bond donors (Lipinski definition) is 0. The molecule has 0 amide bonds. The Hall–Kier alpha value is -2.41. The van der Waals surface area contributed by atoms with Crippen LogP contribution in [-0.4, -0.2) is 17.0 Å². The highest BCUT2D eigenvalue weighted by Crippen LogP contribution is 2.17. The predicted octanol–water partition coefficient (Wildman–Crippen LogP) is 2.06. The average molecular weight is 210 g/mol. The molecule has 1 heterocycles. The Bertz CT molecular complexity index is 499. The van der Waals surface area contributed by atoms with Gasteiger partial charge in [0.2, 0.25) is 5.95 Å². The van der Waals surface area contributed by atoms with Crippen LogP contribution in [0.3, 0.4) is 0 Å². The van der Waals surface area contributed by atoms with Crippen LogP contribution >= 0.6 is 0 Å². The van der Waals surface area contributed by atoms with E-state index < -0.39 is 0 Å². The molecule has 0 aliphatic heterocycles. The van der Waals surface area contributed by atoms with E-state index in [1.807, 2.05) is 36.5 Å². The van der Waals surface area contributed by atoms with Crippen molar-refractivity contribution >= 4 is 5.95 Å². The molecular weight excluding hydrogens is 200 g/mol. The van der Waals surface area contributed by atoms with Gasteiger partial charge in [-0.05, 0) is 5.56 Å². The lowest BCUT2D eigenvalue weighted by Crippen LogP contribution is -2.11. The third-order valence-corrected chi connectivity index (χ3v) is 2.20. The van der Waals surface area contributed by atoms with Crippen molar-refractivity contribution in [2.75, 3.05) is 11.9 Å². The maximum atomic E-state index is 8.67. The predicted molar refractivity (Wildman–Crippen MR) is 61.5 cm³/mol. The van der Waals surface area contributed by atoms with Crippen LogP contribution in [0.4, 0.5) is 5.95 Å². The van der Waals surface area contributed by atoms with Gasteiger partial charge in [-0.15, -0.1) is 0 Å². The molecule has 4 heteroatoms. The lowest BCUT2D eigenvalue weighted by molar-refractivity contribution is 1.05. The summed E-state index contributed by atoms with van der Waals surface area (Å²) in [5, 5.41) is 8.67. The molecule has 0 radical (unpaired) electrons. The molecule has 0 unspecified atom stereocenters. The van der Waals surface area contributed by atoms with Crippen LogP contribution in [0, 0.1) is 11.5 Å². The largest absolute Gasteiger partial charge is 0.250 e. The fraction of sp³-hybridized carbons (Fsp3) is 0.0833. The third-order valence-electron chi connectivity index (χ3n) is 2.20. The highest BCUT2D eigenvalue weighted by Gasteiger charge is 2.03. The minimum atomic E-state index is 0.405. The second-order valence-corrected chi connectivity index (χ2v) is 3.30. The normalized spacial score (nSPS) is 9.50. The lowest BCUT2D eigenvalue weighted by atomic mass is 10.1. The van der Waals surface area contributed by atoms with Crippen LogP contribution in [0.1, 0.15) is 0 Å². The lowest BCUT2D eigenvalue weighted by Gasteiger charge is -2.06. The highest BCUT2D eigenvalue weighted by molar-refractivity contribution is 5.61. The number of nitriles is 1. The summed E-state index contributed by atoms with van der Waals surface area (Å²) in [5.74, 6) is 0.405. The Kier molecular flexibility index (Phi) is 2.79. The van der Waals surface area contributed by atoms with Gasteiger partial charge in [0.1, 0.15) is 0 Å². The molecule has 78 valence electrons. The number of hydrogen-bond acceptors (Lipinski definition) is 4. The number of benzene rings is 1. The summed E-state index contributed by atoms with van der Waals surface area (Å²) in [6, 6.07) is 9.87. The number of rotatable bonds is 2. The molecule has 0 aliphatic rings. The zero-order valence-corrected chi connectivity index (χ0v) is 8.83. The summed E-state index contributed by atoms with van der Waals surface area (Å²) >= 11 is 0. The molecule has 0 spiro atoms. The van der Waals surface area contributed by atoms with Crippen LogP contribution in [0.15, 0.2) is 42.7 Å². The van der Waals surface area contributed by atoms with E-state index in [2.05, 4.69) is 9.97 Å². The van der Waals surface area contributed by atoms with Gasteiger partial charge in [-0.1, -0.05) is 30.3 Å². The van der Waals surface area contributed by atoms with Crippen molar-refractivity contribution < 1.29 is 0 Å². The van der Waals surface area contributed by atoms with E-state index in [1.165, 1.54) is 4.90 Å². The zero-order chi connectivity index (χ0) is 11.4. The van der Waals surface area contributed by atoms with Crippen molar-refractivity contribution in [3.63, 3.8) is 0 Å².